The van der Waals surface area contributed by atoms with Gasteiger partial charge >= 0.3 is 0 Å². The topological polar surface area (TPSA) is 85.9 Å². The quantitative estimate of drug-likeness (QED) is 0.233. The predicted molar refractivity (Wildman–Crippen MR) is 139 cm³/mol. The summed E-state index contributed by atoms with van der Waals surface area (Å²) in [6, 6.07) is 9.41. The maximum absolute atomic E-state index is 14.3. The normalized spacial score (nSPS) is 16.4. The van der Waals surface area contributed by atoms with Crippen LogP contribution in [0, 0.1) is 17.2 Å². The van der Waals surface area contributed by atoms with Crippen molar-refractivity contribution in [3.63, 3.8) is 0 Å². The second-order valence-electron chi connectivity index (χ2n) is 9.83. The Morgan fingerprint density at radius 1 is 1.41 bits per heavy atom. The summed E-state index contributed by atoms with van der Waals surface area (Å²) in [5, 5.41) is 9.49. The van der Waals surface area contributed by atoms with Crippen molar-refractivity contribution in [3.05, 3.63) is 60.4 Å². The number of fused-ring (bicyclic) bond motifs is 1. The van der Waals surface area contributed by atoms with Crippen LogP contribution < -0.4 is 9.47 Å². The summed E-state index contributed by atoms with van der Waals surface area (Å²) in [6.45, 7) is 8.65. The summed E-state index contributed by atoms with van der Waals surface area (Å²) in [6.07, 6.45) is 5.66. The second kappa shape index (κ2) is 11.1. The fourth-order valence-corrected chi connectivity index (χ4v) is 4.57. The van der Waals surface area contributed by atoms with Gasteiger partial charge in [-0.1, -0.05) is 6.58 Å². The van der Waals surface area contributed by atoms with Gasteiger partial charge in [-0.25, -0.2) is 4.98 Å². The van der Waals surface area contributed by atoms with E-state index in [2.05, 4.69) is 17.6 Å². The van der Waals surface area contributed by atoms with Crippen LogP contribution in [0.2, 0.25) is 0 Å². The Balaban J connectivity index is 1.70. The van der Waals surface area contributed by atoms with Gasteiger partial charge in [-0.05, 0) is 74.9 Å². The zero-order valence-corrected chi connectivity index (χ0v) is 21.5. The van der Waals surface area contributed by atoms with Crippen LogP contribution in [0.4, 0.5) is 4.39 Å². The Labute approximate surface area is 216 Å². The highest BCUT2D eigenvalue weighted by atomic mass is 19.1. The van der Waals surface area contributed by atoms with Gasteiger partial charge in [0, 0.05) is 31.4 Å². The van der Waals surface area contributed by atoms with Crippen molar-refractivity contribution in [3.8, 4) is 28.8 Å². The molecule has 2 atom stereocenters. The SMILES string of the molecule is C=CC(F)Oc1cc(-c2cnc3cc(C(C)(C)C#N)ccn23)cc(OC)c1C(=O)CCCC1CCOC1. The highest BCUT2D eigenvalue weighted by molar-refractivity contribution is 6.02. The van der Waals surface area contributed by atoms with E-state index in [1.54, 1.807) is 18.3 Å². The lowest BCUT2D eigenvalue weighted by molar-refractivity contribution is 0.0939. The molecule has 1 aliphatic rings. The molecule has 1 saturated heterocycles. The zero-order chi connectivity index (χ0) is 26.6. The van der Waals surface area contributed by atoms with Gasteiger partial charge in [0.2, 0.25) is 0 Å². The molecular weight excluding hydrogens is 473 g/mol. The Bertz CT molecular complexity index is 1330. The van der Waals surface area contributed by atoms with Crippen molar-refractivity contribution in [1.82, 2.24) is 9.38 Å². The Morgan fingerprint density at radius 2 is 2.19 bits per heavy atom. The van der Waals surface area contributed by atoms with Crippen molar-refractivity contribution in [1.29, 1.82) is 5.26 Å². The largest absolute Gasteiger partial charge is 0.496 e. The number of carbonyl (C=O) groups is 1. The van der Waals surface area contributed by atoms with Gasteiger partial charge in [0.25, 0.3) is 6.36 Å². The number of aromatic nitrogens is 2. The number of Topliss-reactive ketones (excluding diaryl/α,β-unsaturated/α-hetero) is 1. The fraction of sp³-hybridized carbons (Fsp3) is 0.414. The molecule has 0 N–H and O–H groups in total. The number of hydrogen-bond donors (Lipinski definition) is 0. The van der Waals surface area contributed by atoms with E-state index in [1.165, 1.54) is 7.11 Å². The number of hydrogen-bond acceptors (Lipinski definition) is 6. The lowest BCUT2D eigenvalue weighted by Gasteiger charge is -2.18. The summed E-state index contributed by atoms with van der Waals surface area (Å²) in [4.78, 5) is 17.8. The zero-order valence-electron chi connectivity index (χ0n) is 21.5. The van der Waals surface area contributed by atoms with Gasteiger partial charge in [-0.3, -0.25) is 9.20 Å². The molecule has 7 nitrogen and oxygen atoms in total. The first kappa shape index (κ1) is 26.4. The molecule has 3 aromatic rings. The van der Waals surface area contributed by atoms with Gasteiger partial charge in [-0.15, -0.1) is 0 Å². The van der Waals surface area contributed by atoms with Gasteiger partial charge in [-0.2, -0.15) is 9.65 Å². The van der Waals surface area contributed by atoms with Crippen LogP contribution >= 0.6 is 0 Å². The van der Waals surface area contributed by atoms with E-state index in [9.17, 15) is 14.4 Å². The molecule has 0 saturated carbocycles. The monoisotopic (exact) mass is 505 g/mol. The van der Waals surface area contributed by atoms with E-state index < -0.39 is 11.8 Å². The molecule has 194 valence electrons. The first-order valence-corrected chi connectivity index (χ1v) is 12.4. The number of benzene rings is 1. The maximum Gasteiger partial charge on any atom is 0.257 e. The van der Waals surface area contributed by atoms with Crippen molar-refractivity contribution in [2.24, 2.45) is 5.92 Å². The third-order valence-electron chi connectivity index (χ3n) is 6.84. The Kier molecular flexibility index (Phi) is 7.94. The van der Waals surface area contributed by atoms with Crippen LogP contribution in [0.5, 0.6) is 11.5 Å². The summed E-state index contributed by atoms with van der Waals surface area (Å²) >= 11 is 0. The van der Waals surface area contributed by atoms with Crippen LogP contribution in [0.1, 0.15) is 55.5 Å². The summed E-state index contributed by atoms with van der Waals surface area (Å²) in [7, 11) is 1.47. The van der Waals surface area contributed by atoms with Crippen LogP contribution in [0.3, 0.4) is 0 Å². The molecule has 0 radical (unpaired) electrons. The molecule has 1 aromatic carbocycles. The second-order valence-corrected chi connectivity index (χ2v) is 9.83. The van der Waals surface area contributed by atoms with E-state index >= 15 is 0 Å². The molecule has 3 heterocycles. The maximum atomic E-state index is 14.3. The van der Waals surface area contributed by atoms with E-state index in [0.717, 1.165) is 37.7 Å². The highest BCUT2D eigenvalue weighted by Crippen LogP contribution is 2.38. The summed E-state index contributed by atoms with van der Waals surface area (Å²) in [5.74, 6) is 0.691. The molecule has 0 amide bonds. The number of nitrogens with zero attached hydrogens (tertiary/aromatic N) is 3. The molecule has 0 bridgehead atoms. The lowest BCUT2D eigenvalue weighted by atomic mass is 9.87. The van der Waals surface area contributed by atoms with Crippen molar-refractivity contribution in [2.45, 2.75) is 51.3 Å². The number of pyridine rings is 1. The number of halogens is 1. The van der Waals surface area contributed by atoms with Gasteiger partial charge < -0.3 is 14.2 Å². The highest BCUT2D eigenvalue weighted by Gasteiger charge is 2.25. The predicted octanol–water partition coefficient (Wildman–Crippen LogP) is 6.06. The molecule has 37 heavy (non-hydrogen) atoms. The van der Waals surface area contributed by atoms with Crippen molar-refractivity contribution >= 4 is 11.4 Å². The average molecular weight is 506 g/mol. The van der Waals surface area contributed by atoms with Crippen molar-refractivity contribution < 1.29 is 23.4 Å². The minimum atomic E-state index is -1.79. The number of methoxy groups -OCH3 is 1. The third kappa shape index (κ3) is 5.67. The number of imidazole rings is 1. The first-order valence-electron chi connectivity index (χ1n) is 12.4. The third-order valence-corrected chi connectivity index (χ3v) is 6.84. The molecule has 4 rings (SSSR count). The molecule has 1 aliphatic heterocycles. The Hall–Kier alpha value is -3.70. The van der Waals surface area contributed by atoms with Crippen LogP contribution in [0.15, 0.2) is 49.3 Å². The minimum Gasteiger partial charge on any atom is -0.496 e. The number of carbonyl (C=O) groups excluding carboxylic acids is 1. The minimum absolute atomic E-state index is 0.0909. The lowest BCUT2D eigenvalue weighted by Crippen LogP contribution is -2.14. The first-order chi connectivity index (χ1) is 17.8. The summed E-state index contributed by atoms with van der Waals surface area (Å²) in [5.41, 5.74) is 2.40. The van der Waals surface area contributed by atoms with Crippen LogP contribution in [0.25, 0.3) is 16.9 Å². The molecule has 0 spiro atoms. The van der Waals surface area contributed by atoms with E-state index in [4.69, 9.17) is 14.2 Å². The van der Waals surface area contributed by atoms with Crippen LogP contribution in [-0.4, -0.2) is 41.8 Å². The molecule has 0 aliphatic carbocycles. The fourth-order valence-electron chi connectivity index (χ4n) is 4.57. The number of nitriles is 1. The average Bonchev–Trinajstić information content (AvgIpc) is 3.57. The molecule has 8 heteroatoms. The van der Waals surface area contributed by atoms with E-state index in [1.807, 2.05) is 36.6 Å². The number of rotatable bonds is 11. The smallest absolute Gasteiger partial charge is 0.257 e. The molecule has 1 fully saturated rings. The van der Waals surface area contributed by atoms with Crippen molar-refractivity contribution in [2.75, 3.05) is 20.3 Å². The molecule has 2 aromatic heterocycles. The van der Waals surface area contributed by atoms with Gasteiger partial charge in [0.1, 0.15) is 22.7 Å². The van der Waals surface area contributed by atoms with Gasteiger partial charge in [0.15, 0.2) is 5.78 Å². The molecular formula is C29H32FN3O4. The summed E-state index contributed by atoms with van der Waals surface area (Å²) < 4.78 is 32.7. The number of alkyl halides is 1. The van der Waals surface area contributed by atoms with E-state index in [-0.39, 0.29) is 17.1 Å². The standard InChI is InChI=1S/C29H32FN3O4/c1-5-26(30)37-25-14-20(22-16-32-27-15-21(9-11-33(22)27)29(2,3)18-31)13-24(35-4)28(25)23(34)8-6-7-19-10-12-36-17-19/h5,9,11,13-16,19,26H,1,6-8,10,12,17H2,2-4H3. The molecule has 2 unspecified atom stereocenters. The Morgan fingerprint density at radius 3 is 2.86 bits per heavy atom. The van der Waals surface area contributed by atoms with Crippen LogP contribution in [-0.2, 0) is 10.2 Å². The van der Waals surface area contributed by atoms with E-state index in [0.29, 0.717) is 41.4 Å². The van der Waals surface area contributed by atoms with Gasteiger partial charge in [0.05, 0.1) is 30.5 Å². The number of ether oxygens (including phenoxy) is 3. The number of ketones is 1.